The molecular weight excluding hydrogens is 322 g/mol. The van der Waals surface area contributed by atoms with Gasteiger partial charge in [0.1, 0.15) is 0 Å². The van der Waals surface area contributed by atoms with Crippen molar-refractivity contribution in [1.29, 1.82) is 0 Å². The van der Waals surface area contributed by atoms with Gasteiger partial charge in [-0.2, -0.15) is 0 Å². The lowest BCUT2D eigenvalue weighted by molar-refractivity contribution is -0.385. The van der Waals surface area contributed by atoms with Crippen LogP contribution >= 0.6 is 15.9 Å². The topological polar surface area (TPSA) is 72.4 Å². The van der Waals surface area contributed by atoms with Gasteiger partial charge in [0.05, 0.1) is 4.92 Å². The molecule has 1 saturated carbocycles. The molecule has 1 aliphatic carbocycles. The van der Waals surface area contributed by atoms with Crippen molar-refractivity contribution < 1.29 is 4.92 Å². The summed E-state index contributed by atoms with van der Waals surface area (Å²) in [7, 11) is 2.03. The maximum atomic E-state index is 11.1. The molecule has 0 spiro atoms. The summed E-state index contributed by atoms with van der Waals surface area (Å²) in [6, 6.07) is 5.68. The molecule has 0 radical (unpaired) electrons. The number of halogens is 1. The van der Waals surface area contributed by atoms with Crippen molar-refractivity contribution in [2.75, 3.05) is 13.6 Å². The average Bonchev–Trinajstić information content (AvgIpc) is 2.89. The van der Waals surface area contributed by atoms with Crippen LogP contribution in [0.1, 0.15) is 24.8 Å². The Labute approximate surface area is 127 Å². The summed E-state index contributed by atoms with van der Waals surface area (Å²) in [5.41, 5.74) is 6.74. The fraction of sp³-hybridized carbons (Fsp3) is 0.571. The first kappa shape index (κ1) is 15.4. The smallest absolute Gasteiger partial charge is 0.275 e. The number of nitro benzene ring substituents is 1. The summed E-state index contributed by atoms with van der Waals surface area (Å²) in [5.74, 6) is 0.509. The average molecular weight is 342 g/mol. The van der Waals surface area contributed by atoms with Gasteiger partial charge in [0.15, 0.2) is 0 Å². The zero-order valence-electron chi connectivity index (χ0n) is 11.6. The van der Waals surface area contributed by atoms with E-state index >= 15 is 0 Å². The van der Waals surface area contributed by atoms with E-state index in [4.69, 9.17) is 5.73 Å². The van der Waals surface area contributed by atoms with Gasteiger partial charge < -0.3 is 5.73 Å². The van der Waals surface area contributed by atoms with Crippen LogP contribution in [0, 0.1) is 16.0 Å². The number of hydrogen-bond acceptors (Lipinski definition) is 4. The molecule has 5 nitrogen and oxygen atoms in total. The Balaban J connectivity index is 2.15. The van der Waals surface area contributed by atoms with Gasteiger partial charge in [-0.05, 0) is 44.5 Å². The highest BCUT2D eigenvalue weighted by Gasteiger charge is 2.30. The van der Waals surface area contributed by atoms with Crippen LogP contribution < -0.4 is 5.73 Å². The van der Waals surface area contributed by atoms with E-state index in [-0.39, 0.29) is 10.6 Å². The number of nitrogens with two attached hydrogens (primary N) is 1. The first-order chi connectivity index (χ1) is 9.52. The van der Waals surface area contributed by atoms with Gasteiger partial charge in [-0.25, -0.2) is 0 Å². The second-order valence-electron chi connectivity index (χ2n) is 5.44. The Bertz CT molecular complexity index is 495. The van der Waals surface area contributed by atoms with E-state index in [2.05, 4.69) is 20.8 Å². The summed E-state index contributed by atoms with van der Waals surface area (Å²) < 4.78 is 0.733. The number of nitrogens with zero attached hydrogens (tertiary/aromatic N) is 2. The molecule has 0 amide bonds. The van der Waals surface area contributed by atoms with Crippen molar-refractivity contribution in [3.8, 4) is 0 Å². The number of hydrogen-bond donors (Lipinski definition) is 1. The maximum absolute atomic E-state index is 11.1. The number of rotatable bonds is 5. The first-order valence-corrected chi connectivity index (χ1v) is 7.65. The van der Waals surface area contributed by atoms with E-state index in [0.717, 1.165) is 22.9 Å². The quantitative estimate of drug-likeness (QED) is 0.660. The molecule has 2 unspecified atom stereocenters. The van der Waals surface area contributed by atoms with E-state index in [1.54, 1.807) is 6.07 Å². The fourth-order valence-electron chi connectivity index (χ4n) is 3.10. The Morgan fingerprint density at radius 3 is 2.90 bits per heavy atom. The fourth-order valence-corrected chi connectivity index (χ4v) is 3.45. The molecule has 2 N–H and O–H groups in total. The molecule has 1 fully saturated rings. The van der Waals surface area contributed by atoms with Crippen molar-refractivity contribution in [3.05, 3.63) is 38.3 Å². The molecule has 0 bridgehead atoms. The highest BCUT2D eigenvalue weighted by molar-refractivity contribution is 9.10. The molecule has 1 aromatic carbocycles. The Morgan fingerprint density at radius 1 is 1.50 bits per heavy atom. The van der Waals surface area contributed by atoms with Crippen molar-refractivity contribution in [2.24, 2.45) is 11.7 Å². The minimum absolute atomic E-state index is 0.175. The molecule has 2 atom stereocenters. The second-order valence-corrected chi connectivity index (χ2v) is 6.35. The van der Waals surface area contributed by atoms with Crippen LogP contribution in [0.25, 0.3) is 0 Å². The van der Waals surface area contributed by atoms with Gasteiger partial charge in [0.25, 0.3) is 5.69 Å². The summed E-state index contributed by atoms with van der Waals surface area (Å²) >= 11 is 3.28. The van der Waals surface area contributed by atoms with Crippen LogP contribution in [-0.2, 0) is 6.54 Å². The van der Waals surface area contributed by atoms with Crippen LogP contribution in [0.2, 0.25) is 0 Å². The number of benzene rings is 1. The molecular formula is C14H20BrN3O2. The summed E-state index contributed by atoms with van der Waals surface area (Å²) in [4.78, 5) is 13.0. The largest absolute Gasteiger partial charge is 0.330 e. The van der Waals surface area contributed by atoms with Crippen molar-refractivity contribution in [1.82, 2.24) is 4.90 Å². The zero-order valence-corrected chi connectivity index (χ0v) is 13.2. The SMILES string of the molecule is CN(Cc1ccc(Br)cc1[N+](=O)[O-])C1CCCC1CN. The maximum Gasteiger partial charge on any atom is 0.275 e. The van der Waals surface area contributed by atoms with Crippen LogP contribution in [0.4, 0.5) is 5.69 Å². The minimum Gasteiger partial charge on any atom is -0.330 e. The van der Waals surface area contributed by atoms with Crippen LogP contribution in [0.15, 0.2) is 22.7 Å². The van der Waals surface area contributed by atoms with E-state index in [9.17, 15) is 10.1 Å². The molecule has 0 aromatic heterocycles. The lowest BCUT2D eigenvalue weighted by Crippen LogP contribution is -2.37. The van der Waals surface area contributed by atoms with Crippen LogP contribution in [0.5, 0.6) is 0 Å². The predicted molar refractivity (Wildman–Crippen MR) is 82.4 cm³/mol. The summed E-state index contributed by atoms with van der Waals surface area (Å²) in [6.45, 7) is 1.28. The highest BCUT2D eigenvalue weighted by atomic mass is 79.9. The third-order valence-electron chi connectivity index (χ3n) is 4.15. The van der Waals surface area contributed by atoms with Crippen molar-refractivity contribution >= 4 is 21.6 Å². The number of nitro groups is 1. The normalized spacial score (nSPS) is 22.4. The van der Waals surface area contributed by atoms with Crippen LogP contribution in [-0.4, -0.2) is 29.5 Å². The Morgan fingerprint density at radius 2 is 2.25 bits per heavy atom. The molecule has 1 aliphatic rings. The van der Waals surface area contributed by atoms with E-state index < -0.39 is 0 Å². The Hall–Kier alpha value is -0.980. The second kappa shape index (κ2) is 6.65. The van der Waals surface area contributed by atoms with Gasteiger partial charge in [-0.1, -0.05) is 22.4 Å². The van der Waals surface area contributed by atoms with Gasteiger partial charge in [-0.3, -0.25) is 15.0 Å². The molecule has 20 heavy (non-hydrogen) atoms. The van der Waals surface area contributed by atoms with Crippen molar-refractivity contribution in [3.63, 3.8) is 0 Å². The molecule has 6 heteroatoms. The lowest BCUT2D eigenvalue weighted by Gasteiger charge is -2.29. The van der Waals surface area contributed by atoms with E-state index in [0.29, 0.717) is 25.0 Å². The summed E-state index contributed by atoms with van der Waals surface area (Å²) in [6.07, 6.45) is 3.48. The van der Waals surface area contributed by atoms with Crippen molar-refractivity contribution in [2.45, 2.75) is 31.8 Å². The standard InChI is InChI=1S/C14H20BrN3O2/c1-17(13-4-2-3-10(13)8-16)9-11-5-6-12(15)7-14(11)18(19)20/h5-7,10,13H,2-4,8-9,16H2,1H3. The Kier molecular flexibility index (Phi) is 5.12. The monoisotopic (exact) mass is 341 g/mol. The van der Waals surface area contributed by atoms with Gasteiger partial charge >= 0.3 is 0 Å². The lowest BCUT2D eigenvalue weighted by atomic mass is 10.0. The van der Waals surface area contributed by atoms with Gasteiger partial charge in [0.2, 0.25) is 0 Å². The summed E-state index contributed by atoms with van der Waals surface area (Å²) in [5, 5.41) is 11.1. The molecule has 0 saturated heterocycles. The van der Waals surface area contributed by atoms with Crippen LogP contribution in [0.3, 0.4) is 0 Å². The predicted octanol–water partition coefficient (Wildman–Crippen LogP) is 2.92. The third-order valence-corrected chi connectivity index (χ3v) is 4.64. The molecule has 2 rings (SSSR count). The molecule has 0 aliphatic heterocycles. The van der Waals surface area contributed by atoms with Gasteiger partial charge in [0, 0.05) is 28.7 Å². The molecule has 1 aromatic rings. The third kappa shape index (κ3) is 3.37. The first-order valence-electron chi connectivity index (χ1n) is 6.86. The van der Waals surface area contributed by atoms with E-state index in [1.165, 1.54) is 6.42 Å². The zero-order chi connectivity index (χ0) is 14.7. The molecule has 110 valence electrons. The van der Waals surface area contributed by atoms with E-state index in [1.807, 2.05) is 19.2 Å². The highest BCUT2D eigenvalue weighted by Crippen LogP contribution is 2.31. The minimum atomic E-state index is -0.316. The van der Waals surface area contributed by atoms with Gasteiger partial charge in [-0.15, -0.1) is 0 Å². The molecule has 0 heterocycles.